The van der Waals surface area contributed by atoms with Crippen LogP contribution in [-0.4, -0.2) is 20.7 Å². The normalized spacial score (nSPS) is 10.3. The topological polar surface area (TPSA) is 38.5 Å². The number of halogens is 1. The van der Waals surface area contributed by atoms with E-state index in [1.54, 1.807) is 7.11 Å². The molecule has 0 saturated carbocycles. The Hall–Kier alpha value is -1.68. The van der Waals surface area contributed by atoms with Gasteiger partial charge in [0.15, 0.2) is 0 Å². The second-order valence-electron chi connectivity index (χ2n) is 4.74. The fraction of sp³-hybridized carbons (Fsp3) is 0.250. The van der Waals surface area contributed by atoms with Gasteiger partial charge in [0.05, 0.1) is 11.6 Å². The van der Waals surface area contributed by atoms with Gasteiger partial charge in [-0.3, -0.25) is 0 Å². The maximum Gasteiger partial charge on any atom is 0.133 e. The molecule has 4 heteroatoms. The number of nitrogen functional groups attached to an aromatic ring is 1. The molecule has 0 aliphatic heterocycles. The highest BCUT2D eigenvalue weighted by Crippen LogP contribution is 2.26. The molecule has 0 radical (unpaired) electrons. The summed E-state index contributed by atoms with van der Waals surface area (Å²) in [6.07, 6.45) is 0.966. The summed E-state index contributed by atoms with van der Waals surface area (Å²) < 4.78 is 6.23. The maximum absolute atomic E-state index is 5.81. The van der Waals surface area contributed by atoms with E-state index in [1.807, 2.05) is 24.3 Å². The minimum Gasteiger partial charge on any atom is -0.496 e. The Balaban J connectivity index is 1.99. The van der Waals surface area contributed by atoms with Crippen molar-refractivity contribution < 1.29 is 4.74 Å². The maximum atomic E-state index is 5.81. The summed E-state index contributed by atoms with van der Waals surface area (Å²) in [5.74, 6) is 0.859. The van der Waals surface area contributed by atoms with Crippen molar-refractivity contribution in [3.63, 3.8) is 0 Å². The molecule has 2 aromatic rings. The smallest absolute Gasteiger partial charge is 0.133 e. The summed E-state index contributed by atoms with van der Waals surface area (Å²) in [7, 11) is 3.75. The lowest BCUT2D eigenvalue weighted by molar-refractivity contribution is 0.412. The molecule has 0 aliphatic carbocycles. The fourth-order valence-corrected chi connectivity index (χ4v) is 2.64. The average Bonchev–Trinajstić information content (AvgIpc) is 2.45. The van der Waals surface area contributed by atoms with Gasteiger partial charge in [-0.1, -0.05) is 12.1 Å². The molecule has 0 atom stereocenters. The number of hydrogen-bond acceptors (Lipinski definition) is 3. The first-order valence-corrected chi connectivity index (χ1v) is 7.28. The number of ether oxygens (including phenoxy) is 1. The lowest BCUT2D eigenvalue weighted by atomic mass is 10.1. The van der Waals surface area contributed by atoms with E-state index in [9.17, 15) is 0 Å². The molecule has 0 heterocycles. The number of methoxy groups -OCH3 is 1. The van der Waals surface area contributed by atoms with Gasteiger partial charge in [0, 0.05) is 25.0 Å². The predicted octanol–water partition coefficient (Wildman–Crippen LogP) is 3.72. The fourth-order valence-electron chi connectivity index (χ4n) is 2.05. The van der Waals surface area contributed by atoms with Crippen LogP contribution in [0.3, 0.4) is 0 Å². The molecule has 3 nitrogen and oxygen atoms in total. The number of hydrogen-bond donors (Lipinski definition) is 1. The molecule has 2 rings (SSSR count). The third-order valence-electron chi connectivity index (χ3n) is 3.26. The van der Waals surface area contributed by atoms with Crippen molar-refractivity contribution in [1.29, 1.82) is 0 Å². The Bertz CT molecular complexity index is 586. The Morgan fingerprint density at radius 1 is 1.20 bits per heavy atom. The van der Waals surface area contributed by atoms with Crippen molar-refractivity contribution in [1.82, 2.24) is 0 Å². The van der Waals surface area contributed by atoms with E-state index in [0.29, 0.717) is 0 Å². The van der Waals surface area contributed by atoms with Crippen LogP contribution in [0.5, 0.6) is 5.75 Å². The van der Waals surface area contributed by atoms with E-state index in [0.717, 1.165) is 34.6 Å². The first-order valence-electron chi connectivity index (χ1n) is 6.49. The quantitative estimate of drug-likeness (QED) is 0.847. The van der Waals surface area contributed by atoms with E-state index in [4.69, 9.17) is 10.5 Å². The monoisotopic (exact) mass is 334 g/mol. The molecule has 0 fully saturated rings. The SMILES string of the molecule is COc1ccc(CCN(C)c2cccc(N)c2)cc1Br. The number of rotatable bonds is 5. The van der Waals surface area contributed by atoms with Crippen molar-refractivity contribution in [2.75, 3.05) is 31.3 Å². The molecule has 0 saturated heterocycles. The van der Waals surface area contributed by atoms with Crippen molar-refractivity contribution in [3.05, 3.63) is 52.5 Å². The second-order valence-corrected chi connectivity index (χ2v) is 5.59. The first-order chi connectivity index (χ1) is 9.60. The van der Waals surface area contributed by atoms with Gasteiger partial charge in [0.25, 0.3) is 0 Å². The predicted molar refractivity (Wildman–Crippen MR) is 88.5 cm³/mol. The number of likely N-dealkylation sites (N-methyl/N-ethyl adjacent to an activating group) is 1. The van der Waals surface area contributed by atoms with Crippen LogP contribution in [-0.2, 0) is 6.42 Å². The van der Waals surface area contributed by atoms with Crippen LogP contribution in [0.4, 0.5) is 11.4 Å². The number of benzene rings is 2. The zero-order valence-corrected chi connectivity index (χ0v) is 13.4. The molecular weight excluding hydrogens is 316 g/mol. The van der Waals surface area contributed by atoms with Crippen molar-refractivity contribution in [2.24, 2.45) is 0 Å². The molecule has 106 valence electrons. The summed E-state index contributed by atoms with van der Waals surface area (Å²) in [6, 6.07) is 14.1. The third kappa shape index (κ3) is 3.67. The van der Waals surface area contributed by atoms with E-state index >= 15 is 0 Å². The Morgan fingerprint density at radius 3 is 2.65 bits per heavy atom. The van der Waals surface area contributed by atoms with E-state index in [-0.39, 0.29) is 0 Å². The molecule has 0 amide bonds. The highest BCUT2D eigenvalue weighted by molar-refractivity contribution is 9.10. The van der Waals surface area contributed by atoms with Crippen LogP contribution >= 0.6 is 15.9 Å². The van der Waals surface area contributed by atoms with Gasteiger partial charge in [0.1, 0.15) is 5.75 Å². The third-order valence-corrected chi connectivity index (χ3v) is 3.88. The number of nitrogens with zero attached hydrogens (tertiary/aromatic N) is 1. The van der Waals surface area contributed by atoms with Gasteiger partial charge in [-0.15, -0.1) is 0 Å². The van der Waals surface area contributed by atoms with Crippen LogP contribution in [0.25, 0.3) is 0 Å². The van der Waals surface area contributed by atoms with E-state index in [1.165, 1.54) is 5.56 Å². The van der Waals surface area contributed by atoms with Crippen molar-refractivity contribution >= 4 is 27.3 Å². The Kier molecular flexibility index (Phi) is 4.90. The molecule has 0 bridgehead atoms. The van der Waals surface area contributed by atoms with Crippen LogP contribution < -0.4 is 15.4 Å². The zero-order valence-electron chi connectivity index (χ0n) is 11.8. The average molecular weight is 335 g/mol. The van der Waals surface area contributed by atoms with Crippen LogP contribution in [0.1, 0.15) is 5.56 Å². The van der Waals surface area contributed by atoms with Gasteiger partial charge in [-0.05, 0) is 58.2 Å². The molecule has 0 spiro atoms. The summed E-state index contributed by atoms with van der Waals surface area (Å²) >= 11 is 3.51. The molecular formula is C16H19BrN2O. The van der Waals surface area contributed by atoms with Gasteiger partial charge in [0.2, 0.25) is 0 Å². The summed E-state index contributed by atoms with van der Waals surface area (Å²) in [5.41, 5.74) is 9.01. The van der Waals surface area contributed by atoms with Gasteiger partial charge in [-0.25, -0.2) is 0 Å². The van der Waals surface area contributed by atoms with Gasteiger partial charge in [-0.2, -0.15) is 0 Å². The standard InChI is InChI=1S/C16H19BrN2O/c1-19(14-5-3-4-13(18)11-14)9-8-12-6-7-16(20-2)15(17)10-12/h3-7,10-11H,8-9,18H2,1-2H3. The van der Waals surface area contributed by atoms with E-state index < -0.39 is 0 Å². The highest BCUT2D eigenvalue weighted by atomic mass is 79.9. The van der Waals surface area contributed by atoms with Crippen LogP contribution in [0.2, 0.25) is 0 Å². The van der Waals surface area contributed by atoms with Gasteiger partial charge < -0.3 is 15.4 Å². The Labute approximate surface area is 128 Å². The molecule has 0 aliphatic rings. The van der Waals surface area contributed by atoms with E-state index in [2.05, 4.69) is 46.1 Å². The molecule has 20 heavy (non-hydrogen) atoms. The lowest BCUT2D eigenvalue weighted by Gasteiger charge is -2.19. The van der Waals surface area contributed by atoms with Gasteiger partial charge >= 0.3 is 0 Å². The molecule has 2 aromatic carbocycles. The summed E-state index contributed by atoms with van der Waals surface area (Å²) in [4.78, 5) is 2.20. The first kappa shape index (κ1) is 14.7. The van der Waals surface area contributed by atoms with Crippen molar-refractivity contribution in [3.8, 4) is 5.75 Å². The summed E-state index contributed by atoms with van der Waals surface area (Å²) in [5, 5.41) is 0. The van der Waals surface area contributed by atoms with Crippen molar-refractivity contribution in [2.45, 2.75) is 6.42 Å². The largest absolute Gasteiger partial charge is 0.496 e. The van der Waals surface area contributed by atoms with Crippen LogP contribution in [0.15, 0.2) is 46.9 Å². The minimum absolute atomic E-state index is 0.793. The molecule has 0 unspecified atom stereocenters. The highest BCUT2D eigenvalue weighted by Gasteiger charge is 2.04. The molecule has 2 N–H and O–H groups in total. The minimum atomic E-state index is 0.793. The zero-order chi connectivity index (χ0) is 14.5. The lowest BCUT2D eigenvalue weighted by Crippen LogP contribution is -2.20. The summed E-state index contributed by atoms with van der Waals surface area (Å²) in [6.45, 7) is 0.933. The Morgan fingerprint density at radius 2 is 2.00 bits per heavy atom. The van der Waals surface area contributed by atoms with Crippen LogP contribution in [0, 0.1) is 0 Å². The number of anilines is 2. The second kappa shape index (κ2) is 6.66. The molecule has 0 aromatic heterocycles. The number of nitrogens with two attached hydrogens (primary N) is 1.